The Kier molecular flexibility index (Phi) is 8.57. The molecular formula is C40H45ClN2O7Si. The molecule has 3 aromatic carbocycles. The van der Waals surface area contributed by atoms with Crippen LogP contribution in [0.15, 0.2) is 64.4 Å². The van der Waals surface area contributed by atoms with E-state index in [1.165, 1.54) is 0 Å². The molecule has 0 spiro atoms. The molecule has 51 heavy (non-hydrogen) atoms. The van der Waals surface area contributed by atoms with E-state index in [0.717, 1.165) is 27.5 Å². The van der Waals surface area contributed by atoms with E-state index < -0.39 is 37.6 Å². The first-order chi connectivity index (χ1) is 24.0. The molecule has 1 heterocycles. The first-order valence-corrected chi connectivity index (χ1v) is 20.7. The maximum absolute atomic E-state index is 15.4. The number of carbonyl (C=O) groups excluding carboxylic acids is 2. The number of hydrogen-bond acceptors (Lipinski definition) is 9. The Bertz CT molecular complexity index is 2120. The van der Waals surface area contributed by atoms with Crippen LogP contribution >= 0.6 is 11.6 Å². The summed E-state index contributed by atoms with van der Waals surface area (Å²) in [5.41, 5.74) is 1.28. The topological polar surface area (TPSA) is 111 Å². The summed E-state index contributed by atoms with van der Waals surface area (Å²) in [4.78, 5) is 32.3. The molecule has 0 saturated heterocycles. The Morgan fingerprint density at radius 1 is 1.08 bits per heavy atom. The summed E-state index contributed by atoms with van der Waals surface area (Å²) in [6.07, 6.45) is 0.780. The third-order valence-electron chi connectivity index (χ3n) is 11.7. The van der Waals surface area contributed by atoms with Gasteiger partial charge >= 0.3 is 0 Å². The van der Waals surface area contributed by atoms with Gasteiger partial charge in [-0.25, -0.2) is 0 Å². The highest BCUT2D eigenvalue weighted by molar-refractivity contribution is 6.74. The van der Waals surface area contributed by atoms with Crippen LogP contribution in [0.1, 0.15) is 76.4 Å². The first kappa shape index (κ1) is 35.4. The summed E-state index contributed by atoms with van der Waals surface area (Å²) in [6, 6.07) is 14.7. The van der Waals surface area contributed by atoms with E-state index in [-0.39, 0.29) is 40.2 Å². The molecule has 0 bridgehead atoms. The maximum atomic E-state index is 15.4. The summed E-state index contributed by atoms with van der Waals surface area (Å²) < 4.78 is 24.9. The molecule has 7 rings (SSSR count). The van der Waals surface area contributed by atoms with Crippen molar-refractivity contribution < 1.29 is 33.1 Å². The maximum Gasteiger partial charge on any atom is 0.265 e. The quantitative estimate of drug-likeness (QED) is 0.187. The van der Waals surface area contributed by atoms with E-state index in [2.05, 4.69) is 39.0 Å². The van der Waals surface area contributed by atoms with Crippen LogP contribution < -0.4 is 9.47 Å². The fourth-order valence-corrected chi connectivity index (χ4v) is 9.93. The molecular weight excluding hydrogens is 684 g/mol. The molecule has 1 aromatic heterocycles. The number of aryl methyl sites for hydroxylation is 1. The number of Topliss-reactive ketones (excluding diaryl/α,β-unsaturated/α-hetero) is 2. The predicted molar refractivity (Wildman–Crippen MR) is 199 cm³/mol. The number of benzene rings is 3. The van der Waals surface area contributed by atoms with Gasteiger partial charge in [0.25, 0.3) is 5.88 Å². The Balaban J connectivity index is 1.46. The lowest BCUT2D eigenvalue weighted by Gasteiger charge is -2.55. The van der Waals surface area contributed by atoms with Crippen molar-refractivity contribution in [3.63, 3.8) is 0 Å². The summed E-state index contributed by atoms with van der Waals surface area (Å²) in [5, 5.41) is 18.9. The SMILES string of the molecule is COc1ccc2c(Cl)c3c(c(C)c2c1)C(=O)C1=C(O)[C@]2(O[Si](C)(C)C(C)(C)C)C(=O)c4c(OCc5ccccc5)noc4[C@@H](N(C)C)[C@@H]2C[C@@H]1C3. The summed E-state index contributed by atoms with van der Waals surface area (Å²) in [6.45, 7) is 12.4. The lowest BCUT2D eigenvalue weighted by molar-refractivity contribution is -0.0480. The standard InChI is InChI=1S/C40H45ClN2O7Si/c1-21-26-19-24(47-7)15-16-25(26)32(41)27-17-23-18-28-33(43(5)6)35-31(38(42-49-35)48-20-22-13-11-10-12-14-22)37(46)40(28,50-51(8,9)39(2,3)4)36(45)30(23)34(44)29(21)27/h10-16,19,23,28,33,45H,17-18,20H2,1-9H3/t23-,28-,33-,40-/m0/s1. The number of ketones is 2. The molecule has 0 saturated carbocycles. The molecule has 4 aromatic rings. The lowest BCUT2D eigenvalue weighted by atomic mass is 9.58. The molecule has 3 aliphatic rings. The fourth-order valence-electron chi connectivity index (χ4n) is 8.14. The summed E-state index contributed by atoms with van der Waals surface area (Å²) in [7, 11) is 2.58. The minimum Gasteiger partial charge on any atom is -0.508 e. The van der Waals surface area contributed by atoms with E-state index >= 15 is 4.79 Å². The second-order valence-corrected chi connectivity index (χ2v) is 21.0. The number of halogens is 1. The van der Waals surface area contributed by atoms with Gasteiger partial charge < -0.3 is 23.5 Å². The number of ether oxygens (including phenoxy) is 2. The van der Waals surface area contributed by atoms with Crippen molar-refractivity contribution in [1.82, 2.24) is 10.1 Å². The van der Waals surface area contributed by atoms with Gasteiger partial charge in [0.05, 0.1) is 18.2 Å². The Morgan fingerprint density at radius 2 is 1.78 bits per heavy atom. The van der Waals surface area contributed by atoms with Gasteiger partial charge in [-0.1, -0.05) is 62.7 Å². The predicted octanol–water partition coefficient (Wildman–Crippen LogP) is 8.82. The van der Waals surface area contributed by atoms with E-state index in [1.54, 1.807) is 7.11 Å². The van der Waals surface area contributed by atoms with Gasteiger partial charge in [0.15, 0.2) is 25.5 Å². The number of nitrogens with zero attached hydrogens (tertiary/aromatic N) is 2. The number of hydrogen-bond donors (Lipinski definition) is 1. The molecule has 9 nitrogen and oxygen atoms in total. The molecule has 4 atom stereocenters. The molecule has 0 amide bonds. The molecule has 3 aliphatic carbocycles. The summed E-state index contributed by atoms with van der Waals surface area (Å²) >= 11 is 7.12. The fraction of sp³-hybridized carbons (Fsp3) is 0.425. The zero-order chi connectivity index (χ0) is 36.8. The van der Waals surface area contributed by atoms with E-state index in [1.807, 2.05) is 74.4 Å². The first-order valence-electron chi connectivity index (χ1n) is 17.4. The number of methoxy groups -OCH3 is 1. The molecule has 268 valence electrons. The van der Waals surface area contributed by atoms with Crippen LogP contribution in [0.3, 0.4) is 0 Å². The highest BCUT2D eigenvalue weighted by Gasteiger charge is 2.67. The molecule has 1 N–H and O–H groups in total. The smallest absolute Gasteiger partial charge is 0.265 e. The van der Waals surface area contributed by atoms with Crippen molar-refractivity contribution in [1.29, 1.82) is 0 Å². The van der Waals surface area contributed by atoms with Crippen molar-refractivity contribution in [3.8, 4) is 11.6 Å². The minimum atomic E-state index is -2.84. The van der Waals surface area contributed by atoms with E-state index in [4.69, 9.17) is 30.0 Å². The van der Waals surface area contributed by atoms with Crippen LogP contribution in [0.4, 0.5) is 0 Å². The van der Waals surface area contributed by atoms with Gasteiger partial charge in [-0.3, -0.25) is 14.5 Å². The number of allylic oxidation sites excluding steroid dienone is 1. The van der Waals surface area contributed by atoms with Gasteiger partial charge in [-0.15, -0.1) is 0 Å². The van der Waals surface area contributed by atoms with Crippen molar-refractivity contribution in [2.24, 2.45) is 11.8 Å². The second-order valence-electron chi connectivity index (χ2n) is 15.9. The average molecular weight is 729 g/mol. The summed E-state index contributed by atoms with van der Waals surface area (Å²) in [5.74, 6) is -1.19. The Labute approximate surface area is 304 Å². The highest BCUT2D eigenvalue weighted by Crippen LogP contribution is 2.60. The highest BCUT2D eigenvalue weighted by atomic mass is 35.5. The van der Waals surface area contributed by atoms with Crippen LogP contribution in [0.2, 0.25) is 23.2 Å². The van der Waals surface area contributed by atoms with Crippen LogP contribution in [-0.2, 0) is 17.5 Å². The number of carbonyl (C=O) groups is 2. The Hall–Kier alpha value is -3.96. The number of aromatic nitrogens is 1. The van der Waals surface area contributed by atoms with Crippen LogP contribution in [0.25, 0.3) is 10.8 Å². The van der Waals surface area contributed by atoms with Gasteiger partial charge in [-0.05, 0) is 103 Å². The van der Waals surface area contributed by atoms with Crippen molar-refractivity contribution in [2.45, 2.75) is 76.9 Å². The average Bonchev–Trinajstić information content (AvgIpc) is 3.50. The molecule has 0 radical (unpaired) electrons. The van der Waals surface area contributed by atoms with Crippen molar-refractivity contribution in [2.75, 3.05) is 21.2 Å². The monoisotopic (exact) mass is 728 g/mol. The Morgan fingerprint density at radius 3 is 2.43 bits per heavy atom. The largest absolute Gasteiger partial charge is 0.508 e. The van der Waals surface area contributed by atoms with Gasteiger partial charge in [0.2, 0.25) is 5.78 Å². The van der Waals surface area contributed by atoms with Crippen LogP contribution in [-0.4, -0.2) is 61.9 Å². The van der Waals surface area contributed by atoms with E-state index in [0.29, 0.717) is 34.9 Å². The number of rotatable bonds is 7. The van der Waals surface area contributed by atoms with Gasteiger partial charge in [0, 0.05) is 22.4 Å². The normalized spacial score (nSPS) is 23.2. The second kappa shape index (κ2) is 12.3. The minimum absolute atomic E-state index is 0.0330. The molecule has 0 fully saturated rings. The number of aliphatic hydroxyl groups excluding tert-OH is 1. The lowest BCUT2D eigenvalue weighted by Crippen LogP contribution is -2.65. The van der Waals surface area contributed by atoms with Gasteiger partial charge in [0.1, 0.15) is 23.7 Å². The molecule has 0 aliphatic heterocycles. The van der Waals surface area contributed by atoms with Crippen molar-refractivity contribution >= 4 is 42.3 Å². The third-order valence-corrected chi connectivity index (χ3v) is 16.6. The van der Waals surface area contributed by atoms with Crippen LogP contribution in [0, 0.1) is 18.8 Å². The zero-order valence-corrected chi connectivity index (χ0v) is 32.4. The number of fused-ring (bicyclic) bond motifs is 5. The van der Waals surface area contributed by atoms with Crippen LogP contribution in [0.5, 0.6) is 11.6 Å². The molecule has 0 unspecified atom stereocenters. The molecule has 11 heteroatoms. The number of aliphatic hydroxyl groups is 1. The van der Waals surface area contributed by atoms with E-state index in [9.17, 15) is 9.90 Å². The zero-order valence-electron chi connectivity index (χ0n) is 30.6. The third kappa shape index (κ3) is 5.28. The van der Waals surface area contributed by atoms with Gasteiger partial charge in [-0.2, -0.15) is 0 Å². The van der Waals surface area contributed by atoms with Crippen molar-refractivity contribution in [3.05, 3.63) is 98.5 Å².